The maximum atomic E-state index is 5.93. The molecule has 0 amide bonds. The summed E-state index contributed by atoms with van der Waals surface area (Å²) in [7, 11) is 0. The van der Waals surface area contributed by atoms with Gasteiger partial charge in [0.1, 0.15) is 11.4 Å². The van der Waals surface area contributed by atoms with Crippen LogP contribution in [-0.4, -0.2) is 22.6 Å². The highest BCUT2D eigenvalue weighted by atomic mass is 32.2. The zero-order valence-corrected chi connectivity index (χ0v) is 13.6. The number of hydrogen-bond acceptors (Lipinski definition) is 3. The molecule has 1 N–H and O–H groups in total. The number of rotatable bonds is 4. The number of thioether (sulfide) groups is 1. The van der Waals surface area contributed by atoms with E-state index in [0.717, 1.165) is 25.3 Å². The Morgan fingerprint density at radius 1 is 1.30 bits per heavy atom. The second-order valence-corrected chi connectivity index (χ2v) is 8.67. The fourth-order valence-corrected chi connectivity index (χ4v) is 4.49. The van der Waals surface area contributed by atoms with Crippen LogP contribution in [0.2, 0.25) is 0 Å². The average molecular weight is 291 g/mol. The van der Waals surface area contributed by atoms with E-state index in [4.69, 9.17) is 4.74 Å². The molecule has 2 heterocycles. The first-order valence-electron chi connectivity index (χ1n) is 7.61. The predicted octanol–water partition coefficient (Wildman–Crippen LogP) is 3.78. The molecule has 0 saturated carbocycles. The summed E-state index contributed by atoms with van der Waals surface area (Å²) in [4.78, 5) is 0. The molecule has 0 spiro atoms. The molecule has 2 nitrogen and oxygen atoms in total. The van der Waals surface area contributed by atoms with Crippen LogP contribution in [0, 0.1) is 0 Å². The van der Waals surface area contributed by atoms with Crippen molar-refractivity contribution in [1.82, 2.24) is 5.32 Å². The molecule has 3 heteroatoms. The minimum Gasteiger partial charge on any atom is -0.487 e. The predicted molar refractivity (Wildman–Crippen MR) is 86.7 cm³/mol. The van der Waals surface area contributed by atoms with Crippen LogP contribution >= 0.6 is 11.8 Å². The molecule has 0 bridgehead atoms. The Balaban J connectivity index is 1.57. The lowest BCUT2D eigenvalue weighted by Crippen LogP contribution is -2.32. The van der Waals surface area contributed by atoms with Crippen LogP contribution in [0.15, 0.2) is 18.2 Å². The Hall–Kier alpha value is -0.670. The molecule has 2 aliphatic heterocycles. The van der Waals surface area contributed by atoms with E-state index in [9.17, 15) is 0 Å². The lowest BCUT2D eigenvalue weighted by Gasteiger charge is -2.23. The first-order chi connectivity index (χ1) is 9.46. The van der Waals surface area contributed by atoms with Crippen LogP contribution in [-0.2, 0) is 13.0 Å². The lowest BCUT2D eigenvalue weighted by atomic mass is 10.00. The second kappa shape index (κ2) is 5.27. The number of ether oxygens (including phenoxy) is 1. The number of benzene rings is 1. The smallest absolute Gasteiger partial charge is 0.123 e. The van der Waals surface area contributed by atoms with Crippen molar-refractivity contribution in [3.05, 3.63) is 29.3 Å². The molecular weight excluding hydrogens is 266 g/mol. The van der Waals surface area contributed by atoms with E-state index in [2.05, 4.69) is 56.0 Å². The molecule has 1 atom stereocenters. The van der Waals surface area contributed by atoms with E-state index in [1.807, 2.05) is 0 Å². The molecule has 20 heavy (non-hydrogen) atoms. The van der Waals surface area contributed by atoms with Crippen molar-refractivity contribution < 1.29 is 4.74 Å². The van der Waals surface area contributed by atoms with E-state index >= 15 is 0 Å². The Morgan fingerprint density at radius 2 is 2.15 bits per heavy atom. The molecule has 3 rings (SSSR count). The summed E-state index contributed by atoms with van der Waals surface area (Å²) in [5.74, 6) is 2.39. The zero-order chi connectivity index (χ0) is 14.2. The standard InChI is InChI=1S/C17H25NOS/c1-16(2)10-14-9-13(5-6-15(14)19-16)11-18-12-17(3)7-4-8-20-17/h5-6,9,18H,4,7-8,10-12H2,1-3H3. The molecule has 2 aliphatic rings. The van der Waals surface area contributed by atoms with Gasteiger partial charge in [0.2, 0.25) is 0 Å². The fraction of sp³-hybridized carbons (Fsp3) is 0.647. The van der Waals surface area contributed by atoms with Gasteiger partial charge in [-0.15, -0.1) is 0 Å². The van der Waals surface area contributed by atoms with Crippen molar-refractivity contribution in [3.63, 3.8) is 0 Å². The third-order valence-corrected chi connectivity index (χ3v) is 5.79. The largest absolute Gasteiger partial charge is 0.487 e. The van der Waals surface area contributed by atoms with Crippen LogP contribution in [0.5, 0.6) is 5.75 Å². The molecule has 0 aromatic heterocycles. The second-order valence-electron chi connectivity index (χ2n) is 6.99. The van der Waals surface area contributed by atoms with E-state index in [1.54, 1.807) is 0 Å². The van der Waals surface area contributed by atoms with Gasteiger partial charge in [-0.2, -0.15) is 11.8 Å². The van der Waals surface area contributed by atoms with Crippen molar-refractivity contribution in [2.24, 2.45) is 0 Å². The highest BCUT2D eigenvalue weighted by Gasteiger charge is 2.30. The first kappa shape index (κ1) is 14.3. The van der Waals surface area contributed by atoms with Gasteiger partial charge in [0, 0.05) is 24.3 Å². The summed E-state index contributed by atoms with van der Waals surface area (Å²) >= 11 is 2.12. The van der Waals surface area contributed by atoms with E-state index < -0.39 is 0 Å². The Bertz CT molecular complexity index is 492. The highest BCUT2D eigenvalue weighted by Crippen LogP contribution is 2.37. The van der Waals surface area contributed by atoms with Crippen LogP contribution in [0.1, 0.15) is 44.7 Å². The van der Waals surface area contributed by atoms with Gasteiger partial charge in [-0.3, -0.25) is 0 Å². The summed E-state index contributed by atoms with van der Waals surface area (Å²) in [6.07, 6.45) is 3.73. The Labute approximate surface area is 126 Å². The summed E-state index contributed by atoms with van der Waals surface area (Å²) < 4.78 is 6.37. The molecule has 1 aromatic rings. The van der Waals surface area contributed by atoms with Gasteiger partial charge in [-0.1, -0.05) is 12.1 Å². The minimum atomic E-state index is -0.0393. The number of hydrogen-bond donors (Lipinski definition) is 1. The lowest BCUT2D eigenvalue weighted by molar-refractivity contribution is 0.138. The Morgan fingerprint density at radius 3 is 2.90 bits per heavy atom. The topological polar surface area (TPSA) is 21.3 Å². The van der Waals surface area contributed by atoms with E-state index in [0.29, 0.717) is 4.75 Å². The molecule has 0 radical (unpaired) electrons. The summed E-state index contributed by atoms with van der Waals surface area (Å²) in [6.45, 7) is 8.77. The molecule has 1 unspecified atom stereocenters. The average Bonchev–Trinajstić information content (AvgIpc) is 2.91. The summed E-state index contributed by atoms with van der Waals surface area (Å²) in [5.41, 5.74) is 2.69. The number of fused-ring (bicyclic) bond motifs is 1. The van der Waals surface area contributed by atoms with Gasteiger partial charge in [-0.25, -0.2) is 0 Å². The molecule has 110 valence electrons. The highest BCUT2D eigenvalue weighted by molar-refractivity contribution is 8.00. The summed E-state index contributed by atoms with van der Waals surface area (Å²) in [5, 5.41) is 3.63. The van der Waals surface area contributed by atoms with Crippen molar-refractivity contribution >= 4 is 11.8 Å². The van der Waals surface area contributed by atoms with E-state index in [1.165, 1.54) is 29.7 Å². The van der Waals surface area contributed by atoms with Crippen molar-refractivity contribution in [3.8, 4) is 5.75 Å². The quantitative estimate of drug-likeness (QED) is 0.912. The molecule has 1 aromatic carbocycles. The van der Waals surface area contributed by atoms with E-state index in [-0.39, 0.29) is 5.60 Å². The van der Waals surface area contributed by atoms with Crippen molar-refractivity contribution in [1.29, 1.82) is 0 Å². The van der Waals surface area contributed by atoms with Crippen LogP contribution in [0.25, 0.3) is 0 Å². The maximum absolute atomic E-state index is 5.93. The van der Waals surface area contributed by atoms with Crippen LogP contribution < -0.4 is 10.1 Å². The molecule has 0 aliphatic carbocycles. The third-order valence-electron chi connectivity index (χ3n) is 4.26. The fourth-order valence-electron chi connectivity index (χ4n) is 3.22. The van der Waals surface area contributed by atoms with Crippen molar-refractivity contribution in [2.45, 2.75) is 56.9 Å². The van der Waals surface area contributed by atoms with Gasteiger partial charge in [0.05, 0.1) is 0 Å². The maximum Gasteiger partial charge on any atom is 0.123 e. The minimum absolute atomic E-state index is 0.0393. The molecule has 1 fully saturated rings. The van der Waals surface area contributed by atoms with Gasteiger partial charge in [0.15, 0.2) is 0 Å². The van der Waals surface area contributed by atoms with Gasteiger partial charge in [0.25, 0.3) is 0 Å². The Kier molecular flexibility index (Phi) is 3.76. The molecular formula is C17H25NOS. The molecule has 1 saturated heterocycles. The zero-order valence-electron chi connectivity index (χ0n) is 12.8. The number of nitrogens with one attached hydrogen (secondary N) is 1. The van der Waals surface area contributed by atoms with Crippen molar-refractivity contribution in [2.75, 3.05) is 12.3 Å². The van der Waals surface area contributed by atoms with Gasteiger partial charge in [-0.05, 0) is 56.6 Å². The first-order valence-corrected chi connectivity index (χ1v) is 8.60. The van der Waals surface area contributed by atoms with Gasteiger partial charge >= 0.3 is 0 Å². The normalized spacial score (nSPS) is 27.4. The monoisotopic (exact) mass is 291 g/mol. The van der Waals surface area contributed by atoms with Gasteiger partial charge < -0.3 is 10.1 Å². The SMILES string of the molecule is CC1(C)Cc2cc(CNCC3(C)CCCS3)ccc2O1. The summed E-state index contributed by atoms with van der Waals surface area (Å²) in [6, 6.07) is 6.63. The van der Waals surface area contributed by atoms with Crippen LogP contribution in [0.3, 0.4) is 0 Å². The third kappa shape index (κ3) is 3.15. The van der Waals surface area contributed by atoms with Crippen LogP contribution in [0.4, 0.5) is 0 Å².